The van der Waals surface area contributed by atoms with E-state index in [1.165, 1.54) is 0 Å². The maximum Gasteiger partial charge on any atom is 0.162 e. The summed E-state index contributed by atoms with van der Waals surface area (Å²) in [6, 6.07) is 0. The zero-order valence-electron chi connectivity index (χ0n) is 8.32. The van der Waals surface area contributed by atoms with Crippen LogP contribution in [0.1, 0.15) is 31.6 Å². The van der Waals surface area contributed by atoms with E-state index < -0.39 is 6.10 Å². The van der Waals surface area contributed by atoms with Crippen molar-refractivity contribution in [3.8, 4) is 5.75 Å². The molecule has 0 aliphatic rings. The number of aryl methyl sites for hydroxylation is 1. The Morgan fingerprint density at radius 2 is 2.38 bits per heavy atom. The Morgan fingerprint density at radius 3 is 2.92 bits per heavy atom. The van der Waals surface area contributed by atoms with E-state index >= 15 is 0 Å². The maximum absolute atomic E-state index is 9.76. The van der Waals surface area contributed by atoms with Crippen molar-refractivity contribution in [1.29, 1.82) is 0 Å². The van der Waals surface area contributed by atoms with Gasteiger partial charge >= 0.3 is 0 Å². The van der Waals surface area contributed by atoms with Crippen molar-refractivity contribution < 1.29 is 9.84 Å². The molecule has 13 heavy (non-hydrogen) atoms. The number of aliphatic hydroxyl groups excluding tert-OH is 1. The fourth-order valence-corrected chi connectivity index (χ4v) is 1.37. The second-order valence-corrected chi connectivity index (χ2v) is 3.03. The summed E-state index contributed by atoms with van der Waals surface area (Å²) in [5.41, 5.74) is 0.754. The Labute approximate surface area is 78.1 Å². The summed E-state index contributed by atoms with van der Waals surface area (Å²) >= 11 is 0. The number of rotatable bonds is 4. The molecule has 0 aliphatic heterocycles. The first-order valence-corrected chi connectivity index (χ1v) is 4.44. The second kappa shape index (κ2) is 4.28. The van der Waals surface area contributed by atoms with E-state index in [0.717, 1.165) is 18.5 Å². The summed E-state index contributed by atoms with van der Waals surface area (Å²) in [5.74, 6) is 0.656. The lowest BCUT2D eigenvalue weighted by atomic mass is 10.1. The van der Waals surface area contributed by atoms with Gasteiger partial charge in [-0.15, -0.1) is 0 Å². The van der Waals surface area contributed by atoms with Gasteiger partial charge in [0, 0.05) is 7.05 Å². The molecule has 0 amide bonds. The van der Waals surface area contributed by atoms with Crippen LogP contribution >= 0.6 is 0 Å². The molecule has 0 fully saturated rings. The molecule has 0 aliphatic carbocycles. The summed E-state index contributed by atoms with van der Waals surface area (Å²) in [6.07, 6.45) is 2.81. The highest BCUT2D eigenvalue weighted by Crippen LogP contribution is 2.26. The molecule has 0 radical (unpaired) electrons. The van der Waals surface area contributed by atoms with Crippen LogP contribution in [0, 0.1) is 0 Å². The van der Waals surface area contributed by atoms with Crippen LogP contribution < -0.4 is 4.74 Å². The lowest BCUT2D eigenvalue weighted by Crippen LogP contribution is -2.06. The van der Waals surface area contributed by atoms with Gasteiger partial charge in [0.25, 0.3) is 0 Å². The molecule has 1 aromatic heterocycles. The zero-order chi connectivity index (χ0) is 9.84. The van der Waals surface area contributed by atoms with Gasteiger partial charge in [0.1, 0.15) is 5.69 Å². The van der Waals surface area contributed by atoms with Crippen molar-refractivity contribution in [2.75, 3.05) is 7.11 Å². The van der Waals surface area contributed by atoms with Gasteiger partial charge in [-0.25, -0.2) is 0 Å². The highest BCUT2D eigenvalue weighted by molar-refractivity contribution is 5.26. The fourth-order valence-electron chi connectivity index (χ4n) is 1.37. The number of hydrogen-bond acceptors (Lipinski definition) is 3. The van der Waals surface area contributed by atoms with Gasteiger partial charge in [0.2, 0.25) is 0 Å². The Morgan fingerprint density at radius 1 is 1.69 bits per heavy atom. The molecular formula is C9H16N2O2. The van der Waals surface area contributed by atoms with Crippen LogP contribution in [0.5, 0.6) is 5.75 Å². The van der Waals surface area contributed by atoms with Crippen LogP contribution in [0.25, 0.3) is 0 Å². The minimum atomic E-state index is -0.479. The Kier molecular flexibility index (Phi) is 3.31. The van der Waals surface area contributed by atoms with Crippen molar-refractivity contribution in [3.05, 3.63) is 11.9 Å². The van der Waals surface area contributed by atoms with Crippen LogP contribution in [0.15, 0.2) is 6.20 Å². The minimum Gasteiger partial charge on any atom is -0.493 e. The molecule has 1 aromatic rings. The standard InChI is InChI=1S/C9H16N2O2/c1-4-5-7(12)9-8(13-3)6-10-11(9)2/h6-7,12H,4-5H2,1-3H3. The van der Waals surface area contributed by atoms with E-state index in [1.54, 1.807) is 25.0 Å². The largest absolute Gasteiger partial charge is 0.493 e. The first kappa shape index (κ1) is 10.1. The molecule has 0 saturated heterocycles. The first-order valence-electron chi connectivity index (χ1n) is 4.44. The molecule has 0 bridgehead atoms. The molecule has 0 spiro atoms. The zero-order valence-corrected chi connectivity index (χ0v) is 8.32. The van der Waals surface area contributed by atoms with E-state index in [9.17, 15) is 5.11 Å². The van der Waals surface area contributed by atoms with Crippen LogP contribution in [0.3, 0.4) is 0 Å². The summed E-state index contributed by atoms with van der Waals surface area (Å²) in [4.78, 5) is 0. The molecule has 4 heteroatoms. The summed E-state index contributed by atoms with van der Waals surface area (Å²) in [6.45, 7) is 2.03. The molecule has 1 rings (SSSR count). The smallest absolute Gasteiger partial charge is 0.162 e. The summed E-state index contributed by atoms with van der Waals surface area (Å²) < 4.78 is 6.74. The molecule has 1 heterocycles. The number of aliphatic hydroxyl groups is 1. The SMILES string of the molecule is CCCC(O)c1c(OC)cnn1C. The van der Waals surface area contributed by atoms with Gasteiger partial charge in [-0.2, -0.15) is 5.10 Å². The third kappa shape index (κ3) is 2.01. The summed E-state index contributed by atoms with van der Waals surface area (Å²) in [7, 11) is 3.38. The number of nitrogens with zero attached hydrogens (tertiary/aromatic N) is 2. The van der Waals surface area contributed by atoms with Crippen molar-refractivity contribution in [3.63, 3.8) is 0 Å². The number of methoxy groups -OCH3 is 1. The third-order valence-electron chi connectivity index (χ3n) is 2.05. The average Bonchev–Trinajstić information content (AvgIpc) is 2.47. The van der Waals surface area contributed by atoms with Crippen LogP contribution in [0.4, 0.5) is 0 Å². The van der Waals surface area contributed by atoms with E-state index in [-0.39, 0.29) is 0 Å². The van der Waals surface area contributed by atoms with Crippen molar-refractivity contribution in [2.24, 2.45) is 7.05 Å². The molecular weight excluding hydrogens is 168 g/mol. The maximum atomic E-state index is 9.76. The molecule has 1 atom stereocenters. The highest BCUT2D eigenvalue weighted by Gasteiger charge is 2.16. The first-order chi connectivity index (χ1) is 6.20. The molecule has 1 unspecified atom stereocenters. The average molecular weight is 184 g/mol. The molecule has 1 N–H and O–H groups in total. The van der Waals surface area contributed by atoms with E-state index in [1.807, 2.05) is 6.92 Å². The van der Waals surface area contributed by atoms with Gasteiger partial charge in [-0.05, 0) is 6.42 Å². The van der Waals surface area contributed by atoms with Gasteiger partial charge in [-0.1, -0.05) is 13.3 Å². The van der Waals surface area contributed by atoms with E-state index in [4.69, 9.17) is 4.74 Å². The van der Waals surface area contributed by atoms with E-state index in [0.29, 0.717) is 5.75 Å². The summed E-state index contributed by atoms with van der Waals surface area (Å²) in [5, 5.41) is 13.8. The van der Waals surface area contributed by atoms with Gasteiger partial charge in [0.05, 0.1) is 19.4 Å². The predicted molar refractivity (Wildman–Crippen MR) is 49.6 cm³/mol. The lowest BCUT2D eigenvalue weighted by Gasteiger charge is -2.11. The molecule has 4 nitrogen and oxygen atoms in total. The number of ether oxygens (including phenoxy) is 1. The quantitative estimate of drug-likeness (QED) is 0.766. The Bertz CT molecular complexity index is 271. The number of aromatic nitrogens is 2. The van der Waals surface area contributed by atoms with Gasteiger partial charge in [0.15, 0.2) is 5.75 Å². The lowest BCUT2D eigenvalue weighted by molar-refractivity contribution is 0.153. The third-order valence-corrected chi connectivity index (χ3v) is 2.05. The van der Waals surface area contributed by atoms with E-state index in [2.05, 4.69) is 5.10 Å². The highest BCUT2D eigenvalue weighted by atomic mass is 16.5. The van der Waals surface area contributed by atoms with Crippen molar-refractivity contribution >= 4 is 0 Å². The molecule has 0 aromatic carbocycles. The van der Waals surface area contributed by atoms with Gasteiger partial charge < -0.3 is 9.84 Å². The van der Waals surface area contributed by atoms with Crippen molar-refractivity contribution in [2.45, 2.75) is 25.9 Å². The molecule has 74 valence electrons. The number of hydrogen-bond donors (Lipinski definition) is 1. The van der Waals surface area contributed by atoms with Crippen LogP contribution in [0.2, 0.25) is 0 Å². The fraction of sp³-hybridized carbons (Fsp3) is 0.667. The van der Waals surface area contributed by atoms with Crippen molar-refractivity contribution in [1.82, 2.24) is 9.78 Å². The normalized spacial score (nSPS) is 12.9. The topological polar surface area (TPSA) is 47.3 Å². The monoisotopic (exact) mass is 184 g/mol. The van der Waals surface area contributed by atoms with Crippen LogP contribution in [-0.2, 0) is 7.05 Å². The second-order valence-electron chi connectivity index (χ2n) is 3.03. The Balaban J connectivity index is 2.89. The van der Waals surface area contributed by atoms with Gasteiger partial charge in [-0.3, -0.25) is 4.68 Å². The predicted octanol–water partition coefficient (Wildman–Crippen LogP) is 1.26. The molecule has 0 saturated carbocycles. The van der Waals surface area contributed by atoms with Crippen LogP contribution in [-0.4, -0.2) is 22.0 Å². The minimum absolute atomic E-state index is 0.479. The Hall–Kier alpha value is -1.03.